The molecule has 1 aromatic heterocycles. The van der Waals surface area contributed by atoms with Gasteiger partial charge in [-0.15, -0.1) is 6.42 Å². The number of nitrogens with one attached hydrogen (secondary N) is 1. The van der Waals surface area contributed by atoms with Crippen LogP contribution in [0.15, 0.2) is 47.3 Å². The van der Waals surface area contributed by atoms with E-state index in [2.05, 4.69) is 11.2 Å². The van der Waals surface area contributed by atoms with Crippen molar-refractivity contribution in [2.24, 2.45) is 5.92 Å². The second-order valence-electron chi connectivity index (χ2n) is 7.92. The van der Waals surface area contributed by atoms with Crippen molar-refractivity contribution in [1.29, 1.82) is 0 Å². The van der Waals surface area contributed by atoms with E-state index in [9.17, 15) is 18.4 Å². The van der Waals surface area contributed by atoms with Crippen LogP contribution in [0.25, 0.3) is 10.8 Å². The normalized spacial score (nSPS) is 14.6. The smallest absolute Gasteiger partial charge is 0.262 e. The number of carbonyl (C=O) groups is 1. The molecule has 1 aliphatic carbocycles. The molecule has 0 bridgehead atoms. The number of terminal acetylenes is 1. The SMILES string of the molecule is C#CCn1c(C)c(C(=O)NC(c2cccc(F)c2)C2CCC2)c2cccc(F)c2c1=O. The van der Waals surface area contributed by atoms with Crippen molar-refractivity contribution in [3.8, 4) is 12.3 Å². The number of hydrogen-bond acceptors (Lipinski definition) is 2. The Morgan fingerprint density at radius 2 is 2.00 bits per heavy atom. The molecular formula is C25H22F2N2O2. The molecule has 1 amide bonds. The van der Waals surface area contributed by atoms with E-state index in [4.69, 9.17) is 6.42 Å². The van der Waals surface area contributed by atoms with Crippen LogP contribution in [0.1, 0.15) is 46.9 Å². The third-order valence-electron chi connectivity index (χ3n) is 6.10. The highest BCUT2D eigenvalue weighted by Gasteiger charge is 2.31. The summed E-state index contributed by atoms with van der Waals surface area (Å²) in [5.41, 5.74) is 0.680. The first-order chi connectivity index (χ1) is 14.9. The summed E-state index contributed by atoms with van der Waals surface area (Å²) in [5.74, 6) is 1.06. The van der Waals surface area contributed by atoms with Crippen molar-refractivity contribution >= 4 is 16.7 Å². The first kappa shape index (κ1) is 20.8. The van der Waals surface area contributed by atoms with Crippen LogP contribution >= 0.6 is 0 Å². The summed E-state index contributed by atoms with van der Waals surface area (Å²) in [6.45, 7) is 1.55. The van der Waals surface area contributed by atoms with Gasteiger partial charge in [0.2, 0.25) is 0 Å². The van der Waals surface area contributed by atoms with Crippen LogP contribution in [0, 0.1) is 36.8 Å². The third-order valence-corrected chi connectivity index (χ3v) is 6.10. The minimum absolute atomic E-state index is 0.0782. The minimum Gasteiger partial charge on any atom is -0.345 e. The van der Waals surface area contributed by atoms with E-state index in [1.165, 1.54) is 28.8 Å². The lowest BCUT2D eigenvalue weighted by atomic mass is 9.77. The second-order valence-corrected chi connectivity index (χ2v) is 7.92. The molecule has 0 radical (unpaired) electrons. The fourth-order valence-corrected chi connectivity index (χ4v) is 4.30. The molecule has 3 aromatic rings. The Morgan fingerprint density at radius 3 is 2.65 bits per heavy atom. The molecule has 0 aliphatic heterocycles. The number of aromatic nitrogens is 1. The number of hydrogen-bond donors (Lipinski definition) is 1. The standard InChI is InChI=1S/C25H22F2N2O2/c1-3-13-29-15(2)21(19-11-6-12-20(27)22(19)25(29)31)24(30)28-23(16-7-4-8-16)17-9-5-10-18(26)14-17/h1,5-6,9-12,14,16,23H,4,7-8,13H2,2H3,(H,28,30). The lowest BCUT2D eigenvalue weighted by Crippen LogP contribution is -2.38. The van der Waals surface area contributed by atoms with Crippen molar-refractivity contribution in [2.75, 3.05) is 0 Å². The Balaban J connectivity index is 1.84. The van der Waals surface area contributed by atoms with Gasteiger partial charge in [-0.25, -0.2) is 8.78 Å². The molecule has 4 rings (SSSR count). The predicted molar refractivity (Wildman–Crippen MR) is 116 cm³/mol. The number of pyridine rings is 1. The van der Waals surface area contributed by atoms with Gasteiger partial charge in [-0.1, -0.05) is 36.6 Å². The van der Waals surface area contributed by atoms with E-state index >= 15 is 0 Å². The van der Waals surface area contributed by atoms with Gasteiger partial charge in [-0.2, -0.15) is 0 Å². The van der Waals surface area contributed by atoms with Crippen LogP contribution in [-0.4, -0.2) is 10.5 Å². The van der Waals surface area contributed by atoms with Crippen molar-refractivity contribution < 1.29 is 13.6 Å². The van der Waals surface area contributed by atoms with Crippen molar-refractivity contribution in [3.63, 3.8) is 0 Å². The summed E-state index contributed by atoms with van der Waals surface area (Å²) < 4.78 is 29.7. The van der Waals surface area contributed by atoms with Gasteiger partial charge in [0.15, 0.2) is 0 Å². The molecule has 1 unspecified atom stereocenters. The van der Waals surface area contributed by atoms with Gasteiger partial charge in [0.25, 0.3) is 11.5 Å². The average molecular weight is 420 g/mol. The number of halogens is 2. The highest BCUT2D eigenvalue weighted by molar-refractivity contribution is 6.08. The second kappa shape index (κ2) is 8.35. The van der Waals surface area contributed by atoms with E-state index in [1.807, 2.05) is 0 Å². The monoisotopic (exact) mass is 420 g/mol. The highest BCUT2D eigenvalue weighted by atomic mass is 19.1. The zero-order valence-corrected chi connectivity index (χ0v) is 17.1. The maximum Gasteiger partial charge on any atom is 0.262 e. The molecule has 6 heteroatoms. The molecule has 1 aliphatic rings. The fourth-order valence-electron chi connectivity index (χ4n) is 4.30. The van der Waals surface area contributed by atoms with Crippen LogP contribution in [0.2, 0.25) is 0 Å². The number of amides is 1. The Morgan fingerprint density at radius 1 is 1.26 bits per heavy atom. The summed E-state index contributed by atoms with van der Waals surface area (Å²) >= 11 is 0. The van der Waals surface area contributed by atoms with Gasteiger partial charge < -0.3 is 5.32 Å². The Labute approximate surface area is 178 Å². The topological polar surface area (TPSA) is 51.1 Å². The predicted octanol–water partition coefficient (Wildman–Crippen LogP) is 4.49. The lowest BCUT2D eigenvalue weighted by Gasteiger charge is -2.35. The maximum absolute atomic E-state index is 14.6. The van der Waals surface area contributed by atoms with Crippen molar-refractivity contribution in [2.45, 2.75) is 38.8 Å². The molecule has 1 fully saturated rings. The highest BCUT2D eigenvalue weighted by Crippen LogP contribution is 2.38. The number of rotatable bonds is 5. The minimum atomic E-state index is -0.706. The number of fused-ring (bicyclic) bond motifs is 1. The maximum atomic E-state index is 14.6. The quantitative estimate of drug-likeness (QED) is 0.619. The van der Waals surface area contributed by atoms with Crippen LogP contribution < -0.4 is 10.9 Å². The number of nitrogens with zero attached hydrogens (tertiary/aromatic N) is 1. The molecule has 1 N–H and O–H groups in total. The van der Waals surface area contributed by atoms with Crippen LogP contribution in [0.4, 0.5) is 8.78 Å². The fraction of sp³-hybridized carbons (Fsp3) is 0.280. The van der Waals surface area contributed by atoms with E-state index in [-0.39, 0.29) is 40.7 Å². The van der Waals surface area contributed by atoms with Crippen molar-refractivity contribution in [1.82, 2.24) is 9.88 Å². The first-order valence-corrected chi connectivity index (χ1v) is 10.2. The Kier molecular flexibility index (Phi) is 5.60. The van der Waals surface area contributed by atoms with Gasteiger partial charge in [-0.3, -0.25) is 14.2 Å². The number of benzene rings is 2. The number of carbonyl (C=O) groups excluding carboxylic acids is 1. The van der Waals surface area contributed by atoms with Crippen LogP contribution in [0.5, 0.6) is 0 Å². The molecule has 1 heterocycles. The van der Waals surface area contributed by atoms with Crippen molar-refractivity contribution in [3.05, 3.63) is 81.3 Å². The van der Waals surface area contributed by atoms with Gasteiger partial charge in [0.05, 0.1) is 23.5 Å². The molecule has 0 spiro atoms. The largest absolute Gasteiger partial charge is 0.345 e. The van der Waals surface area contributed by atoms with Gasteiger partial charge in [0.1, 0.15) is 11.6 Å². The zero-order chi connectivity index (χ0) is 22.1. The van der Waals surface area contributed by atoms with E-state index in [0.29, 0.717) is 11.3 Å². The molecule has 1 atom stereocenters. The summed E-state index contributed by atoms with van der Waals surface area (Å²) in [6.07, 6.45) is 8.30. The Bertz CT molecular complexity index is 1270. The lowest BCUT2D eigenvalue weighted by molar-refractivity contribution is 0.0900. The third kappa shape index (κ3) is 3.72. The summed E-state index contributed by atoms with van der Waals surface area (Å²) in [6, 6.07) is 10.0. The van der Waals surface area contributed by atoms with E-state index < -0.39 is 17.3 Å². The van der Waals surface area contributed by atoms with Gasteiger partial charge in [0, 0.05) is 11.1 Å². The molecule has 158 valence electrons. The average Bonchev–Trinajstić information content (AvgIpc) is 2.69. The van der Waals surface area contributed by atoms with E-state index in [0.717, 1.165) is 19.3 Å². The van der Waals surface area contributed by atoms with Crippen LogP contribution in [0.3, 0.4) is 0 Å². The Hall–Kier alpha value is -3.46. The summed E-state index contributed by atoms with van der Waals surface area (Å²) in [4.78, 5) is 26.3. The molecule has 2 aromatic carbocycles. The zero-order valence-electron chi connectivity index (χ0n) is 17.1. The van der Waals surface area contributed by atoms with Crippen LogP contribution in [-0.2, 0) is 6.54 Å². The molecular weight excluding hydrogens is 398 g/mol. The van der Waals surface area contributed by atoms with Gasteiger partial charge >= 0.3 is 0 Å². The summed E-state index contributed by atoms with van der Waals surface area (Å²) in [5, 5.41) is 3.09. The summed E-state index contributed by atoms with van der Waals surface area (Å²) in [7, 11) is 0. The molecule has 31 heavy (non-hydrogen) atoms. The molecule has 1 saturated carbocycles. The van der Waals surface area contributed by atoms with Gasteiger partial charge in [-0.05, 0) is 49.4 Å². The molecule has 4 nitrogen and oxygen atoms in total. The van der Waals surface area contributed by atoms with E-state index in [1.54, 1.807) is 25.1 Å². The first-order valence-electron chi connectivity index (χ1n) is 10.2. The molecule has 0 saturated heterocycles.